The quantitative estimate of drug-likeness (QED) is 0.732. The van der Waals surface area contributed by atoms with E-state index in [1.54, 1.807) is 4.90 Å². The van der Waals surface area contributed by atoms with Crippen LogP contribution in [0.5, 0.6) is 0 Å². The number of carbonyl (C=O) groups excluding carboxylic acids is 1. The van der Waals surface area contributed by atoms with E-state index >= 15 is 0 Å². The second-order valence-corrected chi connectivity index (χ2v) is 4.73. The normalized spacial score (nSPS) is 25.3. The molecule has 1 N–H and O–H groups in total. The summed E-state index contributed by atoms with van der Waals surface area (Å²) >= 11 is 1.83. The summed E-state index contributed by atoms with van der Waals surface area (Å²) in [5.74, 6) is 2.14. The van der Waals surface area contributed by atoms with Crippen LogP contribution in [0.1, 0.15) is 20.3 Å². The Kier molecular flexibility index (Phi) is 4.06. The van der Waals surface area contributed by atoms with Gasteiger partial charge in [0.05, 0.1) is 12.5 Å². The first kappa shape index (κ1) is 10.9. The van der Waals surface area contributed by atoms with Crippen molar-refractivity contribution >= 4 is 17.7 Å². The second-order valence-electron chi connectivity index (χ2n) is 3.41. The van der Waals surface area contributed by atoms with E-state index in [9.17, 15) is 9.90 Å². The molecule has 1 aliphatic rings. The molecule has 0 radical (unpaired) electrons. The molecular weight excluding hydrogens is 186 g/mol. The molecule has 1 amide bonds. The first-order chi connectivity index (χ1) is 6.15. The maximum Gasteiger partial charge on any atom is 0.225 e. The van der Waals surface area contributed by atoms with Crippen molar-refractivity contribution in [3.63, 3.8) is 0 Å². The van der Waals surface area contributed by atoms with Crippen LogP contribution in [0.15, 0.2) is 0 Å². The third-order valence-electron chi connectivity index (χ3n) is 2.23. The van der Waals surface area contributed by atoms with Crippen molar-refractivity contribution in [2.24, 2.45) is 0 Å². The molecule has 0 bridgehead atoms. The van der Waals surface area contributed by atoms with Gasteiger partial charge in [0.2, 0.25) is 5.91 Å². The summed E-state index contributed by atoms with van der Waals surface area (Å²) in [7, 11) is 0. The molecule has 1 saturated heterocycles. The van der Waals surface area contributed by atoms with Gasteiger partial charge in [-0.25, -0.2) is 0 Å². The van der Waals surface area contributed by atoms with Crippen molar-refractivity contribution in [1.82, 2.24) is 4.90 Å². The van der Waals surface area contributed by atoms with Gasteiger partial charge >= 0.3 is 0 Å². The molecule has 0 aliphatic carbocycles. The minimum atomic E-state index is -0.443. The summed E-state index contributed by atoms with van der Waals surface area (Å²) in [6, 6.07) is 0.259. The van der Waals surface area contributed by atoms with Crippen LogP contribution in [0.3, 0.4) is 0 Å². The number of amides is 1. The maximum absolute atomic E-state index is 11.3. The second kappa shape index (κ2) is 4.86. The van der Waals surface area contributed by atoms with Crippen LogP contribution >= 0.6 is 11.8 Å². The fraction of sp³-hybridized carbons (Fsp3) is 0.889. The Bertz CT molecular complexity index is 186. The molecule has 1 heterocycles. The number of nitrogens with zero attached hydrogens (tertiary/aromatic N) is 1. The van der Waals surface area contributed by atoms with Crippen LogP contribution in [0.4, 0.5) is 0 Å². The Morgan fingerprint density at radius 3 is 2.92 bits per heavy atom. The van der Waals surface area contributed by atoms with Crippen LogP contribution in [0.2, 0.25) is 0 Å². The van der Waals surface area contributed by atoms with Gasteiger partial charge in [-0.05, 0) is 12.7 Å². The van der Waals surface area contributed by atoms with Crippen molar-refractivity contribution in [2.45, 2.75) is 32.4 Å². The molecule has 2 atom stereocenters. The highest BCUT2D eigenvalue weighted by atomic mass is 32.2. The van der Waals surface area contributed by atoms with Crippen molar-refractivity contribution in [2.75, 3.05) is 18.1 Å². The fourth-order valence-corrected chi connectivity index (χ4v) is 2.27. The summed E-state index contributed by atoms with van der Waals surface area (Å²) < 4.78 is 0. The third-order valence-corrected chi connectivity index (χ3v) is 3.36. The van der Waals surface area contributed by atoms with Gasteiger partial charge in [0.1, 0.15) is 0 Å². The van der Waals surface area contributed by atoms with Crippen molar-refractivity contribution in [3.8, 4) is 0 Å². The van der Waals surface area contributed by atoms with Gasteiger partial charge in [-0.1, -0.05) is 6.92 Å². The fourth-order valence-electron chi connectivity index (χ4n) is 1.52. The number of hydrogen-bond donors (Lipinski definition) is 1. The maximum atomic E-state index is 11.3. The minimum Gasteiger partial charge on any atom is -0.391 e. The average molecular weight is 203 g/mol. The number of aliphatic hydroxyl groups excluding tert-OH is 1. The highest BCUT2D eigenvalue weighted by molar-refractivity contribution is 7.99. The van der Waals surface area contributed by atoms with Crippen LogP contribution in [-0.2, 0) is 4.79 Å². The zero-order valence-corrected chi connectivity index (χ0v) is 9.01. The van der Waals surface area contributed by atoms with E-state index in [-0.39, 0.29) is 11.9 Å². The molecule has 0 saturated carbocycles. The summed E-state index contributed by atoms with van der Waals surface area (Å²) in [5.41, 5.74) is 0. The lowest BCUT2D eigenvalue weighted by atomic mass is 10.3. The number of likely N-dealkylation sites (tertiary alicyclic amines) is 1. The summed E-state index contributed by atoms with van der Waals surface area (Å²) in [6.07, 6.45) is -0.136. The molecule has 1 aliphatic heterocycles. The highest BCUT2D eigenvalue weighted by Crippen LogP contribution is 2.16. The molecular formula is C9H17NO2S. The number of carbonyl (C=O) groups is 1. The predicted molar refractivity (Wildman–Crippen MR) is 54.8 cm³/mol. The van der Waals surface area contributed by atoms with Gasteiger partial charge in [0.15, 0.2) is 0 Å². The molecule has 4 heteroatoms. The average Bonchev–Trinajstić information content (AvgIpc) is 2.41. The van der Waals surface area contributed by atoms with Crippen LogP contribution in [0.25, 0.3) is 0 Å². The van der Waals surface area contributed by atoms with Crippen molar-refractivity contribution in [1.29, 1.82) is 0 Å². The molecule has 1 rings (SSSR count). The zero-order valence-electron chi connectivity index (χ0n) is 8.19. The van der Waals surface area contributed by atoms with Gasteiger partial charge in [-0.3, -0.25) is 4.79 Å². The Balaban J connectivity index is 2.38. The molecule has 0 aromatic heterocycles. The molecule has 13 heavy (non-hydrogen) atoms. The first-order valence-electron chi connectivity index (χ1n) is 4.70. The summed E-state index contributed by atoms with van der Waals surface area (Å²) in [5, 5.41) is 9.28. The molecule has 0 spiro atoms. The number of β-amino-alcohol motifs (C(OH)–C–C–N with tert-alkyl or cyclic N) is 1. The highest BCUT2D eigenvalue weighted by Gasteiger charge is 2.30. The smallest absolute Gasteiger partial charge is 0.225 e. The van der Waals surface area contributed by atoms with E-state index in [0.29, 0.717) is 13.0 Å². The molecule has 2 unspecified atom stereocenters. The van der Waals surface area contributed by atoms with Gasteiger partial charge in [-0.2, -0.15) is 11.8 Å². The Morgan fingerprint density at radius 2 is 2.46 bits per heavy atom. The third kappa shape index (κ3) is 2.88. The number of thioether (sulfide) groups is 1. The van der Waals surface area contributed by atoms with E-state index in [0.717, 1.165) is 11.5 Å². The van der Waals surface area contributed by atoms with E-state index in [1.807, 2.05) is 18.7 Å². The number of aliphatic hydroxyl groups is 1. The molecule has 76 valence electrons. The summed E-state index contributed by atoms with van der Waals surface area (Å²) in [6.45, 7) is 4.67. The largest absolute Gasteiger partial charge is 0.391 e. The molecule has 0 aromatic rings. The zero-order chi connectivity index (χ0) is 9.84. The lowest BCUT2D eigenvalue weighted by Gasteiger charge is -2.23. The van der Waals surface area contributed by atoms with Crippen LogP contribution < -0.4 is 0 Å². The molecule has 1 fully saturated rings. The topological polar surface area (TPSA) is 40.5 Å². The van der Waals surface area contributed by atoms with Gasteiger partial charge in [0.25, 0.3) is 0 Å². The monoisotopic (exact) mass is 203 g/mol. The van der Waals surface area contributed by atoms with E-state index < -0.39 is 6.10 Å². The molecule has 3 nitrogen and oxygen atoms in total. The SMILES string of the molecule is CCSCC(C)N1CC(O)CC1=O. The lowest BCUT2D eigenvalue weighted by Crippen LogP contribution is -2.36. The van der Waals surface area contributed by atoms with E-state index in [2.05, 4.69) is 6.92 Å². The first-order valence-corrected chi connectivity index (χ1v) is 5.86. The van der Waals surface area contributed by atoms with Crippen molar-refractivity contribution in [3.05, 3.63) is 0 Å². The Hall–Kier alpha value is -0.220. The van der Waals surface area contributed by atoms with E-state index in [4.69, 9.17) is 0 Å². The molecule has 0 aromatic carbocycles. The van der Waals surface area contributed by atoms with Gasteiger partial charge in [-0.15, -0.1) is 0 Å². The number of rotatable bonds is 4. The number of hydrogen-bond acceptors (Lipinski definition) is 3. The standard InChI is InChI=1S/C9H17NO2S/c1-3-13-6-7(2)10-5-8(11)4-9(10)12/h7-8,11H,3-6H2,1-2H3. The Morgan fingerprint density at radius 1 is 1.77 bits per heavy atom. The lowest BCUT2D eigenvalue weighted by molar-refractivity contribution is -0.129. The summed E-state index contributed by atoms with van der Waals surface area (Å²) in [4.78, 5) is 13.1. The Labute approximate surface area is 83.5 Å². The minimum absolute atomic E-state index is 0.0942. The van der Waals surface area contributed by atoms with E-state index in [1.165, 1.54) is 0 Å². The van der Waals surface area contributed by atoms with Crippen LogP contribution in [-0.4, -0.2) is 46.1 Å². The van der Waals surface area contributed by atoms with Crippen molar-refractivity contribution < 1.29 is 9.90 Å². The van der Waals surface area contributed by atoms with Crippen LogP contribution in [0, 0.1) is 0 Å². The van der Waals surface area contributed by atoms with Gasteiger partial charge in [0, 0.05) is 18.3 Å². The van der Waals surface area contributed by atoms with Gasteiger partial charge < -0.3 is 10.0 Å². The predicted octanol–water partition coefficient (Wildman–Crippen LogP) is 0.721.